The Morgan fingerprint density at radius 1 is 1.41 bits per heavy atom. The number of hydrogen-bond donors (Lipinski definition) is 1. The molecule has 1 aliphatic heterocycles. The number of nitrogens with one attached hydrogen (secondary N) is 1. The van der Waals surface area contributed by atoms with Crippen molar-refractivity contribution < 1.29 is 9.53 Å². The molecule has 148 valence electrons. The first-order valence-corrected chi connectivity index (χ1v) is 10.8. The SMILES string of the molecule is CC=CCCCc1nnc(N2C(=O)N(C)CC2OC(=S)NC2CCCC2)s1. The van der Waals surface area contributed by atoms with Crippen molar-refractivity contribution in [1.29, 1.82) is 0 Å². The molecule has 7 nitrogen and oxygen atoms in total. The van der Waals surface area contributed by atoms with Crippen molar-refractivity contribution in [3.8, 4) is 0 Å². The van der Waals surface area contributed by atoms with Gasteiger partial charge in [0.1, 0.15) is 5.01 Å². The number of anilines is 1. The summed E-state index contributed by atoms with van der Waals surface area (Å²) in [5.41, 5.74) is 0. The van der Waals surface area contributed by atoms with Gasteiger partial charge < -0.3 is 15.0 Å². The number of thiocarbonyl (C=S) groups is 1. The maximum Gasteiger partial charge on any atom is 0.329 e. The van der Waals surface area contributed by atoms with Crippen LogP contribution < -0.4 is 10.2 Å². The van der Waals surface area contributed by atoms with Crippen LogP contribution in [0.4, 0.5) is 9.93 Å². The predicted molar refractivity (Wildman–Crippen MR) is 111 cm³/mol. The number of aromatic nitrogens is 2. The molecule has 1 N–H and O–H groups in total. The summed E-state index contributed by atoms with van der Waals surface area (Å²) in [6.45, 7) is 2.46. The zero-order valence-corrected chi connectivity index (χ0v) is 17.5. The molecular weight excluding hydrogens is 382 g/mol. The third-order valence-corrected chi connectivity index (χ3v) is 6.03. The first kappa shape index (κ1) is 20.0. The quantitative estimate of drug-likeness (QED) is 0.422. The van der Waals surface area contributed by atoms with Crippen molar-refractivity contribution in [2.45, 2.75) is 64.1 Å². The lowest BCUT2D eigenvalue weighted by molar-refractivity contribution is 0.190. The maximum absolute atomic E-state index is 12.6. The Kier molecular flexibility index (Phi) is 7.01. The van der Waals surface area contributed by atoms with Gasteiger partial charge in [0.15, 0.2) is 0 Å². The van der Waals surface area contributed by atoms with Crippen LogP contribution in [0.25, 0.3) is 0 Å². The van der Waals surface area contributed by atoms with Crippen LogP contribution in [0.3, 0.4) is 0 Å². The van der Waals surface area contributed by atoms with Crippen LogP contribution in [0.15, 0.2) is 12.2 Å². The largest absolute Gasteiger partial charge is 0.444 e. The first-order valence-electron chi connectivity index (χ1n) is 9.53. The molecule has 0 aromatic carbocycles. The van der Waals surface area contributed by atoms with Crippen LogP contribution in [0, 0.1) is 0 Å². The number of amides is 2. The summed E-state index contributed by atoms with van der Waals surface area (Å²) in [7, 11) is 1.76. The van der Waals surface area contributed by atoms with E-state index in [1.165, 1.54) is 24.2 Å². The molecule has 1 unspecified atom stereocenters. The fourth-order valence-corrected chi connectivity index (χ4v) is 4.56. The van der Waals surface area contributed by atoms with E-state index in [0.717, 1.165) is 37.1 Å². The summed E-state index contributed by atoms with van der Waals surface area (Å²) in [6, 6.07) is 0.242. The van der Waals surface area contributed by atoms with Crippen molar-refractivity contribution in [2.75, 3.05) is 18.5 Å². The molecular formula is C18H27N5O2S2. The Morgan fingerprint density at radius 3 is 2.93 bits per heavy atom. The normalized spacial score (nSPS) is 20.8. The van der Waals surface area contributed by atoms with Crippen molar-refractivity contribution in [3.63, 3.8) is 0 Å². The molecule has 0 bridgehead atoms. The van der Waals surface area contributed by atoms with Gasteiger partial charge >= 0.3 is 6.03 Å². The number of allylic oxidation sites excluding steroid dienone is 2. The number of carbonyl (C=O) groups is 1. The highest BCUT2D eigenvalue weighted by Crippen LogP contribution is 2.29. The number of nitrogens with zero attached hydrogens (tertiary/aromatic N) is 4. The monoisotopic (exact) mass is 409 g/mol. The van der Waals surface area contributed by atoms with E-state index in [4.69, 9.17) is 17.0 Å². The molecule has 3 rings (SSSR count). The van der Waals surface area contributed by atoms with E-state index in [-0.39, 0.29) is 6.03 Å². The summed E-state index contributed by atoms with van der Waals surface area (Å²) in [4.78, 5) is 15.8. The third-order valence-electron chi connectivity index (χ3n) is 4.83. The molecule has 1 atom stereocenters. The highest BCUT2D eigenvalue weighted by Gasteiger charge is 2.40. The van der Waals surface area contributed by atoms with Gasteiger partial charge in [0.05, 0.1) is 6.54 Å². The Labute approximate surface area is 169 Å². The molecule has 1 saturated carbocycles. The second kappa shape index (κ2) is 9.45. The topological polar surface area (TPSA) is 70.6 Å². The maximum atomic E-state index is 12.6. The van der Waals surface area contributed by atoms with E-state index in [1.807, 2.05) is 6.92 Å². The lowest BCUT2D eigenvalue weighted by Gasteiger charge is -2.23. The molecule has 2 aliphatic rings. The second-order valence-corrected chi connectivity index (χ2v) is 8.37. The van der Waals surface area contributed by atoms with Crippen LogP contribution >= 0.6 is 23.6 Å². The van der Waals surface area contributed by atoms with Crippen LogP contribution in [0.5, 0.6) is 0 Å². The number of likely N-dealkylation sites (N-methyl/N-ethyl adjacent to an activating group) is 1. The highest BCUT2D eigenvalue weighted by molar-refractivity contribution is 7.80. The minimum atomic E-state index is -0.479. The molecule has 2 amide bonds. The molecule has 1 aromatic heterocycles. The molecule has 9 heteroatoms. The number of urea groups is 1. The number of carbonyl (C=O) groups excluding carboxylic acids is 1. The lowest BCUT2D eigenvalue weighted by Crippen LogP contribution is -2.42. The lowest BCUT2D eigenvalue weighted by atomic mass is 10.2. The summed E-state index contributed by atoms with van der Waals surface area (Å²) >= 11 is 6.81. The van der Waals surface area contributed by atoms with E-state index >= 15 is 0 Å². The molecule has 0 radical (unpaired) electrons. The number of rotatable bonds is 7. The van der Waals surface area contributed by atoms with E-state index in [2.05, 4.69) is 27.7 Å². The van der Waals surface area contributed by atoms with Crippen molar-refractivity contribution in [2.24, 2.45) is 0 Å². The summed E-state index contributed by atoms with van der Waals surface area (Å²) in [5, 5.41) is 13.6. The highest BCUT2D eigenvalue weighted by atomic mass is 32.1. The predicted octanol–water partition coefficient (Wildman–Crippen LogP) is 3.47. The van der Waals surface area contributed by atoms with E-state index in [9.17, 15) is 4.79 Å². The van der Waals surface area contributed by atoms with Gasteiger partial charge in [-0.1, -0.05) is 36.3 Å². The zero-order valence-electron chi connectivity index (χ0n) is 15.9. The van der Waals surface area contributed by atoms with Gasteiger partial charge in [-0.25, -0.2) is 9.69 Å². The molecule has 0 spiro atoms. The zero-order chi connectivity index (χ0) is 19.2. The van der Waals surface area contributed by atoms with Crippen LogP contribution in [-0.2, 0) is 11.2 Å². The van der Waals surface area contributed by atoms with E-state index in [0.29, 0.717) is 22.9 Å². The third kappa shape index (κ3) is 5.16. The van der Waals surface area contributed by atoms with Crippen molar-refractivity contribution in [1.82, 2.24) is 20.4 Å². The van der Waals surface area contributed by atoms with Crippen LogP contribution in [-0.4, -0.2) is 52.2 Å². The average molecular weight is 410 g/mol. The Hall–Kier alpha value is -1.74. The minimum absolute atomic E-state index is 0.139. The van der Waals surface area contributed by atoms with Crippen molar-refractivity contribution in [3.05, 3.63) is 17.2 Å². The second-order valence-electron chi connectivity index (χ2n) is 6.96. The number of aryl methyl sites for hydroxylation is 1. The molecule has 27 heavy (non-hydrogen) atoms. The van der Waals surface area contributed by atoms with Gasteiger partial charge in [-0.3, -0.25) is 0 Å². The summed E-state index contributed by atoms with van der Waals surface area (Å²) in [5.74, 6) is 0. The van der Waals surface area contributed by atoms with Gasteiger partial charge in [0.25, 0.3) is 5.17 Å². The Bertz CT molecular complexity index is 687. The molecule has 1 aromatic rings. The molecule has 2 fully saturated rings. The van der Waals surface area contributed by atoms with Gasteiger partial charge in [-0.15, -0.1) is 10.2 Å². The number of unbranched alkanes of at least 4 members (excludes halogenated alkanes) is 1. The Morgan fingerprint density at radius 2 is 2.19 bits per heavy atom. The molecule has 2 heterocycles. The fourth-order valence-electron chi connectivity index (χ4n) is 3.37. The molecule has 1 aliphatic carbocycles. The Balaban J connectivity index is 1.61. The number of hydrogen-bond acceptors (Lipinski definition) is 6. The van der Waals surface area contributed by atoms with Gasteiger partial charge in [0.2, 0.25) is 11.4 Å². The number of ether oxygens (including phenoxy) is 1. The van der Waals surface area contributed by atoms with Gasteiger partial charge in [0, 0.05) is 19.5 Å². The van der Waals surface area contributed by atoms with E-state index in [1.54, 1.807) is 16.8 Å². The molecule has 1 saturated heterocycles. The first-order chi connectivity index (χ1) is 13.1. The smallest absolute Gasteiger partial charge is 0.329 e. The standard InChI is InChI=1S/C18H27N5O2S2/c1-3-4-5-6-11-14-20-21-16(27-14)23-15(12-22(2)18(23)24)25-17(26)19-13-9-7-8-10-13/h3-4,13,15H,5-12H2,1-2H3,(H,19,26). The van der Waals surface area contributed by atoms with Crippen molar-refractivity contribution >= 4 is 39.9 Å². The fraction of sp³-hybridized carbons (Fsp3) is 0.667. The average Bonchev–Trinajstić information content (AvgIpc) is 3.35. The van der Waals surface area contributed by atoms with Gasteiger partial charge in [-0.05, 0) is 44.8 Å². The van der Waals surface area contributed by atoms with Crippen LogP contribution in [0.2, 0.25) is 0 Å². The van der Waals surface area contributed by atoms with Gasteiger partial charge in [-0.2, -0.15) is 0 Å². The van der Waals surface area contributed by atoms with Crippen LogP contribution in [0.1, 0.15) is 50.5 Å². The minimum Gasteiger partial charge on any atom is -0.444 e. The summed E-state index contributed by atoms with van der Waals surface area (Å²) in [6.07, 6.45) is 11.3. The summed E-state index contributed by atoms with van der Waals surface area (Å²) < 4.78 is 5.92. The van der Waals surface area contributed by atoms with E-state index < -0.39 is 6.23 Å².